The second-order valence-electron chi connectivity index (χ2n) is 8.00. The molecule has 1 fully saturated rings. The van der Waals surface area contributed by atoms with Crippen molar-refractivity contribution in [2.75, 3.05) is 36.5 Å². The highest BCUT2D eigenvalue weighted by molar-refractivity contribution is 7.13. The van der Waals surface area contributed by atoms with E-state index < -0.39 is 0 Å². The van der Waals surface area contributed by atoms with Crippen molar-refractivity contribution in [2.24, 2.45) is 0 Å². The van der Waals surface area contributed by atoms with Gasteiger partial charge in [-0.15, -0.1) is 11.3 Å². The van der Waals surface area contributed by atoms with Crippen molar-refractivity contribution in [3.8, 4) is 5.75 Å². The molecule has 3 rings (SSSR count). The molecule has 0 aliphatic carbocycles. The van der Waals surface area contributed by atoms with Gasteiger partial charge >= 0.3 is 0 Å². The lowest BCUT2D eigenvalue weighted by Crippen LogP contribution is -2.43. The number of thiazole rings is 1. The van der Waals surface area contributed by atoms with Crippen LogP contribution in [-0.2, 0) is 19.1 Å². The Morgan fingerprint density at radius 2 is 2.03 bits per heavy atom. The first-order valence-corrected chi connectivity index (χ1v) is 12.5. The fourth-order valence-corrected chi connectivity index (χ4v) is 3.98. The zero-order valence-electron chi connectivity index (χ0n) is 19.5. The fraction of sp³-hybridized carbons (Fsp3) is 0.500. The molecule has 1 aliphatic rings. The van der Waals surface area contributed by atoms with E-state index in [-0.39, 0.29) is 43.2 Å². The summed E-state index contributed by atoms with van der Waals surface area (Å²) in [7, 11) is 0. The van der Waals surface area contributed by atoms with Gasteiger partial charge in [0.15, 0.2) is 5.13 Å². The molecule has 2 aromatic rings. The Bertz CT molecular complexity index is 914. The number of hydrogen-bond acceptors (Lipinski definition) is 7. The summed E-state index contributed by atoms with van der Waals surface area (Å²) in [5, 5.41) is 7.76. The second-order valence-corrected chi connectivity index (χ2v) is 8.89. The van der Waals surface area contributed by atoms with Crippen LogP contribution in [0.3, 0.4) is 0 Å². The van der Waals surface area contributed by atoms with Gasteiger partial charge in [0.25, 0.3) is 0 Å². The minimum Gasteiger partial charge on any atom is -0.494 e. The number of anilines is 2. The van der Waals surface area contributed by atoms with Gasteiger partial charge in [-0.3, -0.25) is 14.4 Å². The van der Waals surface area contributed by atoms with Crippen molar-refractivity contribution in [1.82, 2.24) is 10.3 Å². The van der Waals surface area contributed by atoms with E-state index in [9.17, 15) is 14.4 Å². The number of carbonyl (C=O) groups is 3. The van der Waals surface area contributed by atoms with Crippen LogP contribution in [0.25, 0.3) is 0 Å². The van der Waals surface area contributed by atoms with E-state index in [1.54, 1.807) is 35.8 Å². The number of ether oxygens (including phenoxy) is 2. The Kier molecular flexibility index (Phi) is 10.3. The van der Waals surface area contributed by atoms with Crippen LogP contribution in [0.2, 0.25) is 0 Å². The predicted octanol–water partition coefficient (Wildman–Crippen LogP) is 3.37. The van der Waals surface area contributed by atoms with E-state index in [1.807, 2.05) is 0 Å². The van der Waals surface area contributed by atoms with Crippen LogP contribution in [0.4, 0.5) is 10.8 Å². The molecule has 184 valence electrons. The van der Waals surface area contributed by atoms with Crippen LogP contribution < -0.4 is 20.3 Å². The highest BCUT2D eigenvalue weighted by atomic mass is 32.1. The maximum atomic E-state index is 13.0. The zero-order valence-corrected chi connectivity index (χ0v) is 20.3. The number of benzene rings is 1. The summed E-state index contributed by atoms with van der Waals surface area (Å²) in [5.41, 5.74) is 0.570. The largest absolute Gasteiger partial charge is 0.494 e. The van der Waals surface area contributed by atoms with Crippen molar-refractivity contribution in [1.29, 1.82) is 0 Å². The molecule has 0 radical (unpaired) electrons. The fourth-order valence-electron chi connectivity index (χ4n) is 3.43. The molecule has 1 aliphatic heterocycles. The maximum Gasteiger partial charge on any atom is 0.240 e. The van der Waals surface area contributed by atoms with Gasteiger partial charge in [0.1, 0.15) is 12.3 Å². The van der Waals surface area contributed by atoms with E-state index in [4.69, 9.17) is 9.47 Å². The number of rotatable bonds is 13. The molecule has 9 nitrogen and oxygen atoms in total. The summed E-state index contributed by atoms with van der Waals surface area (Å²) in [5.74, 6) is -0.193. The Balaban J connectivity index is 1.60. The lowest BCUT2D eigenvalue weighted by molar-refractivity contribution is -0.125. The third-order valence-electron chi connectivity index (χ3n) is 5.31. The number of hydrogen-bond donors (Lipinski definition) is 2. The maximum absolute atomic E-state index is 13.0. The molecular formula is C24H32N4O5S. The van der Waals surface area contributed by atoms with Crippen LogP contribution in [0.1, 0.15) is 45.4 Å². The Labute approximate surface area is 203 Å². The average molecular weight is 489 g/mol. The first kappa shape index (κ1) is 25.6. The predicted molar refractivity (Wildman–Crippen MR) is 131 cm³/mol. The van der Waals surface area contributed by atoms with Crippen LogP contribution >= 0.6 is 11.3 Å². The smallest absolute Gasteiger partial charge is 0.240 e. The molecule has 1 saturated heterocycles. The van der Waals surface area contributed by atoms with E-state index in [0.29, 0.717) is 36.3 Å². The zero-order chi connectivity index (χ0) is 24.2. The molecular weight excluding hydrogens is 456 g/mol. The van der Waals surface area contributed by atoms with Gasteiger partial charge in [0.2, 0.25) is 17.7 Å². The number of unbranched alkanes of at least 4 members (excludes halogenated alkanes) is 1. The third-order valence-corrected chi connectivity index (χ3v) is 6.00. The molecule has 0 unspecified atom stereocenters. The van der Waals surface area contributed by atoms with Crippen LogP contribution in [-0.4, -0.2) is 55.1 Å². The molecule has 34 heavy (non-hydrogen) atoms. The lowest BCUT2D eigenvalue weighted by atomic mass is 10.2. The van der Waals surface area contributed by atoms with Crippen molar-refractivity contribution in [3.05, 3.63) is 35.8 Å². The number of aromatic nitrogens is 1. The minimum absolute atomic E-state index is 0.00927. The Hall–Kier alpha value is -2.98. The summed E-state index contributed by atoms with van der Waals surface area (Å²) in [4.78, 5) is 43.2. The van der Waals surface area contributed by atoms with Crippen molar-refractivity contribution < 1.29 is 23.9 Å². The normalized spacial score (nSPS) is 15.0. The first-order valence-electron chi connectivity index (χ1n) is 11.7. The Morgan fingerprint density at radius 1 is 1.21 bits per heavy atom. The molecule has 0 saturated carbocycles. The SMILES string of the molecule is CCCCOc1ccc(N(CC(=O)NC[C@H]2CCCO2)C(=O)CCC(=O)Nc2nccs2)cc1. The molecule has 1 aromatic heterocycles. The summed E-state index contributed by atoms with van der Waals surface area (Å²) in [6, 6.07) is 7.07. The summed E-state index contributed by atoms with van der Waals surface area (Å²) in [6.45, 7) is 3.70. The Morgan fingerprint density at radius 3 is 2.71 bits per heavy atom. The van der Waals surface area contributed by atoms with Gasteiger partial charge in [-0.25, -0.2) is 4.98 Å². The molecule has 0 spiro atoms. The van der Waals surface area contributed by atoms with Gasteiger partial charge < -0.3 is 25.0 Å². The van der Waals surface area contributed by atoms with Crippen molar-refractivity contribution in [2.45, 2.75) is 51.6 Å². The standard InChI is InChI=1S/C24H32N4O5S/c1-2-3-13-32-19-8-6-18(7-9-19)28(17-22(30)26-16-20-5-4-14-33-20)23(31)11-10-21(29)27-24-25-12-15-34-24/h6-9,12,15,20H,2-5,10-11,13-14,16-17H2,1H3,(H,26,30)(H,25,27,29)/t20-/m1/s1. The van der Waals surface area contributed by atoms with Gasteiger partial charge in [0, 0.05) is 43.3 Å². The van der Waals surface area contributed by atoms with Gasteiger partial charge in [-0.2, -0.15) is 0 Å². The first-order chi connectivity index (χ1) is 16.5. The minimum atomic E-state index is -0.318. The molecule has 1 aromatic carbocycles. The average Bonchev–Trinajstić information content (AvgIpc) is 3.55. The number of nitrogens with one attached hydrogen (secondary N) is 2. The monoisotopic (exact) mass is 488 g/mol. The topological polar surface area (TPSA) is 110 Å². The van der Waals surface area contributed by atoms with Gasteiger partial charge in [0.05, 0.1) is 12.7 Å². The summed E-state index contributed by atoms with van der Waals surface area (Å²) in [6.07, 6.45) is 5.46. The number of carbonyl (C=O) groups excluding carboxylic acids is 3. The molecule has 10 heteroatoms. The van der Waals surface area contributed by atoms with Crippen LogP contribution in [0, 0.1) is 0 Å². The van der Waals surface area contributed by atoms with Gasteiger partial charge in [-0.05, 0) is 43.5 Å². The van der Waals surface area contributed by atoms with E-state index in [2.05, 4.69) is 22.5 Å². The molecule has 2 heterocycles. The quantitative estimate of drug-likeness (QED) is 0.419. The lowest BCUT2D eigenvalue weighted by Gasteiger charge is -2.23. The highest BCUT2D eigenvalue weighted by Gasteiger charge is 2.22. The highest BCUT2D eigenvalue weighted by Crippen LogP contribution is 2.21. The molecule has 1 atom stereocenters. The summed E-state index contributed by atoms with van der Waals surface area (Å²) >= 11 is 1.31. The molecule has 0 bridgehead atoms. The third kappa shape index (κ3) is 8.42. The molecule has 3 amide bonds. The molecule has 2 N–H and O–H groups in total. The van der Waals surface area contributed by atoms with Crippen molar-refractivity contribution >= 4 is 39.9 Å². The van der Waals surface area contributed by atoms with E-state index in [1.165, 1.54) is 16.2 Å². The van der Waals surface area contributed by atoms with Crippen LogP contribution in [0.15, 0.2) is 35.8 Å². The van der Waals surface area contributed by atoms with Crippen LogP contribution in [0.5, 0.6) is 5.75 Å². The number of nitrogens with zero attached hydrogens (tertiary/aromatic N) is 2. The number of amides is 3. The van der Waals surface area contributed by atoms with E-state index >= 15 is 0 Å². The second kappa shape index (κ2) is 13.7. The van der Waals surface area contributed by atoms with Gasteiger partial charge in [-0.1, -0.05) is 13.3 Å². The van der Waals surface area contributed by atoms with Crippen molar-refractivity contribution in [3.63, 3.8) is 0 Å². The van der Waals surface area contributed by atoms with E-state index in [0.717, 1.165) is 25.7 Å². The summed E-state index contributed by atoms with van der Waals surface area (Å²) < 4.78 is 11.2.